The third-order valence-electron chi connectivity index (χ3n) is 4.23. The Morgan fingerprint density at radius 3 is 2.03 bits per heavy atom. The minimum absolute atomic E-state index is 0.137. The Kier molecular flexibility index (Phi) is 8.87. The second-order valence-electron chi connectivity index (χ2n) is 6.90. The van der Waals surface area contributed by atoms with E-state index in [0.717, 1.165) is 20.9 Å². The van der Waals surface area contributed by atoms with E-state index in [2.05, 4.69) is 10.5 Å². The summed E-state index contributed by atoms with van der Waals surface area (Å²) in [7, 11) is 0. The predicted molar refractivity (Wildman–Crippen MR) is 127 cm³/mol. The molecule has 8 nitrogen and oxygen atoms in total. The SMILES string of the molecule is Cc1cccc(C=NNC(=O)COc2ccc(Sc3ccc(OCC(=O)NN)cc3)cc2)c1. The largest absolute Gasteiger partial charge is 0.484 e. The molecule has 3 aromatic carbocycles. The molecule has 0 bridgehead atoms. The molecule has 0 saturated heterocycles. The lowest BCUT2D eigenvalue weighted by Gasteiger charge is -2.08. The van der Waals surface area contributed by atoms with Gasteiger partial charge in [-0.1, -0.05) is 41.6 Å². The van der Waals surface area contributed by atoms with E-state index in [4.69, 9.17) is 15.3 Å². The summed E-state index contributed by atoms with van der Waals surface area (Å²) in [5.41, 5.74) is 6.49. The summed E-state index contributed by atoms with van der Waals surface area (Å²) in [5, 5.41) is 3.94. The first-order valence-corrected chi connectivity index (χ1v) is 10.8. The second-order valence-corrected chi connectivity index (χ2v) is 8.04. The van der Waals surface area contributed by atoms with Crippen molar-refractivity contribution in [1.29, 1.82) is 0 Å². The summed E-state index contributed by atoms with van der Waals surface area (Å²) >= 11 is 1.56. The number of nitrogens with one attached hydrogen (secondary N) is 2. The van der Waals surface area contributed by atoms with Crippen molar-refractivity contribution in [3.8, 4) is 11.5 Å². The van der Waals surface area contributed by atoms with Crippen LogP contribution in [-0.4, -0.2) is 31.2 Å². The summed E-state index contributed by atoms with van der Waals surface area (Å²) in [6, 6.07) is 22.6. The summed E-state index contributed by atoms with van der Waals surface area (Å²) in [6.07, 6.45) is 1.59. The molecule has 0 unspecified atom stereocenters. The van der Waals surface area contributed by atoms with Crippen LogP contribution >= 0.6 is 11.8 Å². The number of rotatable bonds is 10. The van der Waals surface area contributed by atoms with Gasteiger partial charge in [0.25, 0.3) is 11.8 Å². The normalized spacial score (nSPS) is 10.6. The molecular formula is C24H24N4O4S. The molecule has 4 N–H and O–H groups in total. The van der Waals surface area contributed by atoms with Crippen molar-refractivity contribution in [2.45, 2.75) is 16.7 Å². The van der Waals surface area contributed by atoms with Gasteiger partial charge in [0.05, 0.1) is 6.21 Å². The summed E-state index contributed by atoms with van der Waals surface area (Å²) in [4.78, 5) is 25.0. The quantitative estimate of drug-likeness (QED) is 0.184. The van der Waals surface area contributed by atoms with E-state index >= 15 is 0 Å². The number of ether oxygens (including phenoxy) is 2. The molecule has 0 aliphatic rings. The van der Waals surface area contributed by atoms with E-state index in [0.29, 0.717) is 11.5 Å². The maximum atomic E-state index is 11.9. The fourth-order valence-corrected chi connectivity index (χ4v) is 3.46. The van der Waals surface area contributed by atoms with Gasteiger partial charge < -0.3 is 9.47 Å². The lowest BCUT2D eigenvalue weighted by atomic mass is 10.2. The van der Waals surface area contributed by atoms with Gasteiger partial charge in [-0.3, -0.25) is 15.0 Å². The van der Waals surface area contributed by atoms with Crippen LogP contribution in [0.5, 0.6) is 11.5 Å². The molecule has 33 heavy (non-hydrogen) atoms. The summed E-state index contributed by atoms with van der Waals surface area (Å²) < 4.78 is 10.8. The number of carbonyl (C=O) groups excluding carboxylic acids is 2. The van der Waals surface area contributed by atoms with E-state index in [1.165, 1.54) is 0 Å². The van der Waals surface area contributed by atoms with Crippen molar-refractivity contribution in [1.82, 2.24) is 10.9 Å². The highest BCUT2D eigenvalue weighted by atomic mass is 32.2. The van der Waals surface area contributed by atoms with Crippen molar-refractivity contribution in [3.05, 3.63) is 83.9 Å². The van der Waals surface area contributed by atoms with Gasteiger partial charge >= 0.3 is 0 Å². The Hall–Kier alpha value is -3.82. The van der Waals surface area contributed by atoms with E-state index in [1.807, 2.05) is 60.9 Å². The molecule has 9 heteroatoms. The van der Waals surface area contributed by atoms with Crippen LogP contribution in [0.1, 0.15) is 11.1 Å². The van der Waals surface area contributed by atoms with Crippen LogP contribution in [0.3, 0.4) is 0 Å². The molecule has 0 radical (unpaired) electrons. The van der Waals surface area contributed by atoms with E-state index in [-0.39, 0.29) is 19.1 Å². The monoisotopic (exact) mass is 464 g/mol. The molecule has 0 atom stereocenters. The fourth-order valence-electron chi connectivity index (χ4n) is 2.64. The third kappa shape index (κ3) is 8.32. The molecular weight excluding hydrogens is 440 g/mol. The molecule has 170 valence electrons. The first-order valence-electron chi connectivity index (χ1n) is 10.0. The van der Waals surface area contributed by atoms with E-state index in [1.54, 1.807) is 42.2 Å². The molecule has 0 spiro atoms. The highest BCUT2D eigenvalue weighted by Gasteiger charge is 2.04. The number of aryl methyl sites for hydroxylation is 1. The first kappa shape index (κ1) is 23.8. The Morgan fingerprint density at radius 2 is 1.48 bits per heavy atom. The predicted octanol–water partition coefficient (Wildman–Crippen LogP) is 3.04. The molecule has 0 fully saturated rings. The van der Waals surface area contributed by atoms with E-state index in [9.17, 15) is 9.59 Å². The van der Waals surface area contributed by atoms with Crippen molar-refractivity contribution >= 4 is 29.8 Å². The minimum Gasteiger partial charge on any atom is -0.484 e. The number of hydrogen-bond donors (Lipinski definition) is 3. The zero-order valence-electron chi connectivity index (χ0n) is 18.0. The average molecular weight is 465 g/mol. The number of amides is 2. The molecule has 3 rings (SSSR count). The Bertz CT molecular complexity index is 1100. The number of hydrazine groups is 1. The number of hydrazone groups is 1. The van der Waals surface area contributed by atoms with Crippen molar-refractivity contribution in [2.24, 2.45) is 10.9 Å². The Balaban J connectivity index is 1.42. The van der Waals surface area contributed by atoms with E-state index < -0.39 is 5.91 Å². The third-order valence-corrected chi connectivity index (χ3v) is 5.24. The number of hydrogen-bond acceptors (Lipinski definition) is 7. The van der Waals surface area contributed by atoms with Crippen LogP contribution < -0.4 is 26.2 Å². The zero-order valence-corrected chi connectivity index (χ0v) is 18.8. The zero-order chi connectivity index (χ0) is 23.5. The number of carbonyl (C=O) groups is 2. The van der Waals surface area contributed by atoms with Crippen LogP contribution in [0, 0.1) is 6.92 Å². The first-order chi connectivity index (χ1) is 16.0. The van der Waals surface area contributed by atoms with Gasteiger partial charge in [-0.05, 0) is 61.0 Å². The van der Waals surface area contributed by atoms with Crippen LogP contribution in [0.2, 0.25) is 0 Å². The number of nitrogens with zero attached hydrogens (tertiary/aromatic N) is 1. The highest BCUT2D eigenvalue weighted by molar-refractivity contribution is 7.99. The minimum atomic E-state index is -0.400. The van der Waals surface area contributed by atoms with Gasteiger partial charge in [-0.15, -0.1) is 0 Å². The summed E-state index contributed by atoms with van der Waals surface area (Å²) in [6.45, 7) is 1.72. The maximum absolute atomic E-state index is 11.9. The molecule has 0 aliphatic carbocycles. The van der Waals surface area contributed by atoms with Gasteiger partial charge in [0, 0.05) is 9.79 Å². The Labute approximate surface area is 196 Å². The van der Waals surface area contributed by atoms with Gasteiger partial charge in [-0.2, -0.15) is 5.10 Å². The average Bonchev–Trinajstić information content (AvgIpc) is 2.83. The van der Waals surface area contributed by atoms with Crippen molar-refractivity contribution in [3.63, 3.8) is 0 Å². The van der Waals surface area contributed by atoms with Gasteiger partial charge in [0.2, 0.25) is 0 Å². The van der Waals surface area contributed by atoms with Crippen molar-refractivity contribution < 1.29 is 19.1 Å². The summed E-state index contributed by atoms with van der Waals surface area (Å²) in [5.74, 6) is 5.43. The molecule has 0 aliphatic heterocycles. The van der Waals surface area contributed by atoms with Crippen LogP contribution in [0.25, 0.3) is 0 Å². The highest BCUT2D eigenvalue weighted by Crippen LogP contribution is 2.30. The molecule has 3 aromatic rings. The number of nitrogens with two attached hydrogens (primary N) is 1. The van der Waals surface area contributed by atoms with Crippen molar-refractivity contribution in [2.75, 3.05) is 13.2 Å². The topological polar surface area (TPSA) is 115 Å². The Morgan fingerprint density at radius 1 is 0.909 bits per heavy atom. The number of benzene rings is 3. The smallest absolute Gasteiger partial charge is 0.277 e. The lowest BCUT2D eigenvalue weighted by Crippen LogP contribution is -2.34. The van der Waals surface area contributed by atoms with Gasteiger partial charge in [0.1, 0.15) is 11.5 Å². The second kappa shape index (κ2) is 12.3. The lowest BCUT2D eigenvalue weighted by molar-refractivity contribution is -0.123. The van der Waals surface area contributed by atoms with Crippen LogP contribution in [0.4, 0.5) is 0 Å². The molecule has 0 heterocycles. The fraction of sp³-hybridized carbons (Fsp3) is 0.125. The van der Waals surface area contributed by atoms with Crippen LogP contribution in [0.15, 0.2) is 87.7 Å². The molecule has 0 aromatic heterocycles. The van der Waals surface area contributed by atoms with Gasteiger partial charge in [-0.25, -0.2) is 11.3 Å². The maximum Gasteiger partial charge on any atom is 0.277 e. The molecule has 2 amide bonds. The standard InChI is InChI=1S/C24H24N4O4S/c1-17-3-2-4-18(13-17)14-26-28-24(30)16-32-20-7-11-22(12-8-20)33-21-9-5-19(6-10-21)31-15-23(29)27-25/h2-14H,15-16,25H2,1H3,(H,27,29)(H,28,30). The molecule has 0 saturated carbocycles. The van der Waals surface area contributed by atoms with Gasteiger partial charge in [0.15, 0.2) is 13.2 Å². The van der Waals surface area contributed by atoms with Crippen LogP contribution in [-0.2, 0) is 9.59 Å².